The topological polar surface area (TPSA) is 82.7 Å². The number of aromatic nitrogens is 1. The van der Waals surface area contributed by atoms with Gasteiger partial charge in [-0.25, -0.2) is 8.42 Å². The molecule has 2 heterocycles. The van der Waals surface area contributed by atoms with E-state index in [1.165, 1.54) is 16.4 Å². The molecular formula is C21H21Cl2N3O4S. The van der Waals surface area contributed by atoms with Gasteiger partial charge in [-0.3, -0.25) is 4.79 Å². The summed E-state index contributed by atoms with van der Waals surface area (Å²) in [6.07, 6.45) is 0. The third kappa shape index (κ3) is 4.25. The van der Waals surface area contributed by atoms with Gasteiger partial charge in [-0.05, 0) is 37.3 Å². The number of halogens is 2. The van der Waals surface area contributed by atoms with Crippen molar-refractivity contribution in [2.24, 2.45) is 0 Å². The Morgan fingerprint density at radius 2 is 1.84 bits per heavy atom. The summed E-state index contributed by atoms with van der Waals surface area (Å²) in [5.74, 6) is 0.557. The lowest BCUT2D eigenvalue weighted by atomic mass is 10.2. The fourth-order valence-corrected chi connectivity index (χ4v) is 5.76. The van der Waals surface area contributed by atoms with Crippen molar-refractivity contribution in [1.29, 1.82) is 0 Å². The molecule has 31 heavy (non-hydrogen) atoms. The normalized spacial score (nSPS) is 15.4. The van der Waals surface area contributed by atoms with E-state index >= 15 is 0 Å². The maximum atomic E-state index is 13.0. The summed E-state index contributed by atoms with van der Waals surface area (Å²) in [6, 6.07) is 11.9. The highest BCUT2D eigenvalue weighted by molar-refractivity contribution is 7.89. The second kappa shape index (κ2) is 8.70. The highest BCUT2D eigenvalue weighted by Gasteiger charge is 2.32. The van der Waals surface area contributed by atoms with Gasteiger partial charge in [0.1, 0.15) is 16.3 Å². The van der Waals surface area contributed by atoms with Crippen molar-refractivity contribution in [3.63, 3.8) is 0 Å². The first-order valence-corrected chi connectivity index (χ1v) is 12.0. The Balaban J connectivity index is 1.48. The van der Waals surface area contributed by atoms with Gasteiger partial charge in [-0.1, -0.05) is 29.3 Å². The van der Waals surface area contributed by atoms with E-state index in [0.29, 0.717) is 12.3 Å². The quantitative estimate of drug-likeness (QED) is 0.596. The molecule has 1 amide bonds. The Morgan fingerprint density at radius 3 is 2.55 bits per heavy atom. The fourth-order valence-electron chi connectivity index (χ4n) is 3.60. The molecule has 1 fully saturated rings. The van der Waals surface area contributed by atoms with Crippen LogP contribution in [0.5, 0.6) is 5.75 Å². The molecule has 4 rings (SSSR count). The first kappa shape index (κ1) is 22.0. The van der Waals surface area contributed by atoms with Crippen LogP contribution in [0.4, 0.5) is 0 Å². The van der Waals surface area contributed by atoms with E-state index in [9.17, 15) is 13.2 Å². The van der Waals surface area contributed by atoms with Crippen molar-refractivity contribution >= 4 is 50.0 Å². The van der Waals surface area contributed by atoms with Crippen molar-refractivity contribution in [3.8, 4) is 5.75 Å². The average Bonchev–Trinajstić information content (AvgIpc) is 3.19. The first-order valence-electron chi connectivity index (χ1n) is 9.80. The number of carbonyl (C=O) groups is 1. The summed E-state index contributed by atoms with van der Waals surface area (Å²) in [5.41, 5.74) is 1.27. The molecule has 0 saturated carbocycles. The lowest BCUT2D eigenvalue weighted by Crippen LogP contribution is -2.50. The Bertz CT molecular complexity index is 1230. The number of hydrogen-bond acceptors (Lipinski definition) is 4. The molecule has 0 unspecified atom stereocenters. The Morgan fingerprint density at radius 1 is 1.10 bits per heavy atom. The highest BCUT2D eigenvalue weighted by Crippen LogP contribution is 2.31. The zero-order valence-electron chi connectivity index (χ0n) is 16.8. The smallest absolute Gasteiger partial charge is 0.270 e. The number of H-pyrrole nitrogens is 1. The van der Waals surface area contributed by atoms with Crippen LogP contribution in [0.1, 0.15) is 17.4 Å². The van der Waals surface area contributed by atoms with Gasteiger partial charge in [0.25, 0.3) is 5.91 Å². The van der Waals surface area contributed by atoms with E-state index in [4.69, 9.17) is 27.9 Å². The van der Waals surface area contributed by atoms with Crippen LogP contribution < -0.4 is 4.74 Å². The van der Waals surface area contributed by atoms with Crippen LogP contribution in [0.15, 0.2) is 47.4 Å². The molecule has 3 aromatic rings. The Kier molecular flexibility index (Phi) is 6.16. The molecule has 2 aromatic carbocycles. The number of piperazine rings is 1. The van der Waals surface area contributed by atoms with Gasteiger partial charge in [0.15, 0.2) is 0 Å². The molecule has 0 radical (unpaired) electrons. The first-order chi connectivity index (χ1) is 14.8. The predicted molar refractivity (Wildman–Crippen MR) is 121 cm³/mol. The summed E-state index contributed by atoms with van der Waals surface area (Å²) in [7, 11) is -3.80. The number of sulfonamides is 1. The lowest BCUT2D eigenvalue weighted by Gasteiger charge is -2.34. The molecule has 0 bridgehead atoms. The van der Waals surface area contributed by atoms with Crippen LogP contribution in [-0.2, 0) is 10.0 Å². The molecule has 1 saturated heterocycles. The summed E-state index contributed by atoms with van der Waals surface area (Å²) in [6.45, 7) is 3.36. The van der Waals surface area contributed by atoms with Crippen molar-refractivity contribution in [2.75, 3.05) is 32.8 Å². The minimum atomic E-state index is -3.80. The van der Waals surface area contributed by atoms with Gasteiger partial charge in [0, 0.05) is 43.1 Å². The molecule has 7 nitrogen and oxygen atoms in total. The van der Waals surface area contributed by atoms with E-state index < -0.39 is 10.0 Å². The molecular weight excluding hydrogens is 461 g/mol. The van der Waals surface area contributed by atoms with Gasteiger partial charge < -0.3 is 14.6 Å². The summed E-state index contributed by atoms with van der Waals surface area (Å²) in [4.78, 5) is 17.7. The number of rotatable bonds is 5. The Hall–Kier alpha value is -2.26. The number of ether oxygens (including phenoxy) is 1. The molecule has 1 aromatic heterocycles. The van der Waals surface area contributed by atoms with Gasteiger partial charge in [0.2, 0.25) is 10.0 Å². The minimum absolute atomic E-state index is 0.00664. The number of carbonyl (C=O) groups excluding carboxylic acids is 1. The van der Waals surface area contributed by atoms with Gasteiger partial charge >= 0.3 is 0 Å². The SMILES string of the molecule is CCOc1ccc2cc(C(=O)N3CCN(S(=O)(=O)c4cccc(Cl)c4Cl)CC3)[nH]c2c1. The van der Waals surface area contributed by atoms with Crippen LogP contribution >= 0.6 is 23.2 Å². The van der Waals surface area contributed by atoms with Gasteiger partial charge in [-0.2, -0.15) is 4.31 Å². The van der Waals surface area contributed by atoms with Crippen LogP contribution in [0.3, 0.4) is 0 Å². The fraction of sp³-hybridized carbons (Fsp3) is 0.286. The molecule has 1 aliphatic heterocycles. The van der Waals surface area contributed by atoms with Gasteiger partial charge in [0.05, 0.1) is 16.7 Å². The van der Waals surface area contributed by atoms with Crippen LogP contribution in [-0.4, -0.2) is 61.3 Å². The molecule has 1 N–H and O–H groups in total. The molecule has 164 valence electrons. The molecule has 1 aliphatic rings. The number of fused-ring (bicyclic) bond motifs is 1. The van der Waals surface area contributed by atoms with E-state index in [0.717, 1.165) is 16.7 Å². The lowest BCUT2D eigenvalue weighted by molar-refractivity contribution is 0.0693. The Labute approximate surface area is 190 Å². The predicted octanol–water partition coefficient (Wildman–Crippen LogP) is 4.02. The highest BCUT2D eigenvalue weighted by atomic mass is 35.5. The number of nitrogens with zero attached hydrogens (tertiary/aromatic N) is 2. The standard InChI is InChI=1S/C21H21Cl2N3O4S/c1-2-30-15-7-6-14-12-18(24-17(14)13-15)21(27)25-8-10-26(11-9-25)31(28,29)19-5-3-4-16(22)20(19)23/h3-7,12-13,24H,2,8-11H2,1H3. The van der Waals surface area contributed by atoms with Crippen LogP contribution in [0.25, 0.3) is 10.9 Å². The third-order valence-electron chi connectivity index (χ3n) is 5.20. The van der Waals surface area contributed by atoms with Crippen LogP contribution in [0, 0.1) is 0 Å². The van der Waals surface area contributed by atoms with E-state index in [1.54, 1.807) is 17.0 Å². The number of hydrogen-bond donors (Lipinski definition) is 1. The average molecular weight is 482 g/mol. The third-order valence-corrected chi connectivity index (χ3v) is 8.07. The zero-order chi connectivity index (χ0) is 22.2. The van der Waals surface area contributed by atoms with Crippen LogP contribution in [0.2, 0.25) is 10.0 Å². The van der Waals surface area contributed by atoms with Crippen molar-refractivity contribution < 1.29 is 17.9 Å². The summed E-state index contributed by atoms with van der Waals surface area (Å²) < 4.78 is 32.8. The molecule has 0 spiro atoms. The van der Waals surface area contributed by atoms with Crippen molar-refractivity contribution in [1.82, 2.24) is 14.2 Å². The summed E-state index contributed by atoms with van der Waals surface area (Å²) in [5, 5.41) is 1.10. The maximum Gasteiger partial charge on any atom is 0.270 e. The number of aromatic amines is 1. The number of amides is 1. The van der Waals surface area contributed by atoms with E-state index in [1.807, 2.05) is 25.1 Å². The molecule has 0 aliphatic carbocycles. The van der Waals surface area contributed by atoms with Crippen molar-refractivity contribution in [3.05, 3.63) is 58.2 Å². The maximum absolute atomic E-state index is 13.0. The number of benzene rings is 2. The van der Waals surface area contributed by atoms with Gasteiger partial charge in [-0.15, -0.1) is 0 Å². The van der Waals surface area contributed by atoms with E-state index in [-0.39, 0.29) is 47.0 Å². The molecule has 0 atom stereocenters. The monoisotopic (exact) mass is 481 g/mol. The zero-order valence-corrected chi connectivity index (χ0v) is 19.1. The minimum Gasteiger partial charge on any atom is -0.494 e. The second-order valence-corrected chi connectivity index (χ2v) is 9.80. The summed E-state index contributed by atoms with van der Waals surface area (Å²) >= 11 is 12.1. The second-order valence-electron chi connectivity index (χ2n) is 7.11. The van der Waals surface area contributed by atoms with Crippen molar-refractivity contribution in [2.45, 2.75) is 11.8 Å². The van der Waals surface area contributed by atoms with E-state index in [2.05, 4.69) is 4.98 Å². The largest absolute Gasteiger partial charge is 0.494 e. The molecule has 10 heteroatoms. The number of nitrogens with one attached hydrogen (secondary N) is 1.